The number of benzene rings is 2. The lowest BCUT2D eigenvalue weighted by Crippen LogP contribution is -2.60. The maximum Gasteiger partial charge on any atom is 0.266 e. The van der Waals surface area contributed by atoms with Crippen LogP contribution < -0.4 is 0 Å². The number of nitrogens with zero attached hydrogens (tertiary/aromatic N) is 3. The Morgan fingerprint density at radius 1 is 1.07 bits per heavy atom. The van der Waals surface area contributed by atoms with Crippen LogP contribution in [0.1, 0.15) is 16.8 Å². The van der Waals surface area contributed by atoms with E-state index >= 15 is 0 Å². The molecule has 3 aromatic rings. The van der Waals surface area contributed by atoms with Crippen molar-refractivity contribution < 1.29 is 14.0 Å². The van der Waals surface area contributed by atoms with Crippen LogP contribution in [0.5, 0.6) is 0 Å². The Kier molecular flexibility index (Phi) is 3.75. The molecule has 0 saturated carbocycles. The highest BCUT2D eigenvalue weighted by molar-refractivity contribution is 5.97. The van der Waals surface area contributed by atoms with Gasteiger partial charge in [0, 0.05) is 23.0 Å². The van der Waals surface area contributed by atoms with E-state index in [4.69, 9.17) is 0 Å². The summed E-state index contributed by atoms with van der Waals surface area (Å²) in [5.74, 6) is -0.673. The fourth-order valence-electron chi connectivity index (χ4n) is 3.94. The third-order valence-corrected chi connectivity index (χ3v) is 5.37. The van der Waals surface area contributed by atoms with Gasteiger partial charge >= 0.3 is 0 Å². The Morgan fingerprint density at radius 3 is 2.68 bits per heavy atom. The molecule has 1 saturated heterocycles. The Morgan fingerprint density at radius 2 is 1.86 bits per heavy atom. The monoisotopic (exact) mass is 376 g/mol. The summed E-state index contributed by atoms with van der Waals surface area (Å²) in [4.78, 5) is 30.7. The molecule has 0 radical (unpaired) electrons. The fraction of sp³-hybridized carbons (Fsp3) is 0.190. The van der Waals surface area contributed by atoms with Crippen molar-refractivity contribution in [3.05, 3.63) is 71.2 Å². The van der Waals surface area contributed by atoms with Crippen LogP contribution in [0.15, 0.2) is 53.6 Å². The quantitative estimate of drug-likeness (QED) is 0.698. The maximum absolute atomic E-state index is 13.0. The van der Waals surface area contributed by atoms with E-state index in [1.165, 1.54) is 23.4 Å². The second-order valence-corrected chi connectivity index (χ2v) is 7.06. The average molecular weight is 376 g/mol. The first-order chi connectivity index (χ1) is 13.6. The Bertz CT molecular complexity index is 1120. The van der Waals surface area contributed by atoms with E-state index in [0.29, 0.717) is 18.5 Å². The van der Waals surface area contributed by atoms with Crippen molar-refractivity contribution >= 4 is 28.9 Å². The Labute approximate surface area is 160 Å². The molecular weight excluding hydrogens is 359 g/mol. The molecular formula is C21H17FN4O2. The van der Waals surface area contributed by atoms with Crippen LogP contribution in [0.3, 0.4) is 0 Å². The predicted molar refractivity (Wildman–Crippen MR) is 102 cm³/mol. The van der Waals surface area contributed by atoms with E-state index in [9.17, 15) is 14.0 Å². The molecule has 0 unspecified atom stereocenters. The number of aromatic amines is 1. The van der Waals surface area contributed by atoms with Gasteiger partial charge in [-0.1, -0.05) is 30.3 Å². The van der Waals surface area contributed by atoms with Crippen LogP contribution >= 0.6 is 0 Å². The van der Waals surface area contributed by atoms with Crippen molar-refractivity contribution in [2.24, 2.45) is 5.10 Å². The minimum Gasteiger partial charge on any atom is -0.357 e. The van der Waals surface area contributed by atoms with Crippen LogP contribution in [-0.4, -0.2) is 45.5 Å². The van der Waals surface area contributed by atoms with Crippen LogP contribution in [0, 0.1) is 5.82 Å². The van der Waals surface area contributed by atoms with Crippen molar-refractivity contribution in [3.63, 3.8) is 0 Å². The van der Waals surface area contributed by atoms with Gasteiger partial charge in [-0.2, -0.15) is 5.10 Å². The first-order valence-electron chi connectivity index (χ1n) is 9.09. The molecule has 5 rings (SSSR count). The number of rotatable bonds is 2. The number of hydrazone groups is 1. The molecule has 2 aromatic carbocycles. The number of hydrogen-bond donors (Lipinski definition) is 1. The van der Waals surface area contributed by atoms with E-state index in [2.05, 4.69) is 10.1 Å². The second kappa shape index (κ2) is 6.30. The smallest absolute Gasteiger partial charge is 0.266 e. The SMILES string of the molecule is O=C1[C@H]2Cc3c([nH]c4ccccc34)CN2C(=O)CN1/N=C/c1ccc(F)cc1. The van der Waals surface area contributed by atoms with Crippen molar-refractivity contribution in [1.29, 1.82) is 0 Å². The van der Waals surface area contributed by atoms with E-state index in [0.717, 1.165) is 22.2 Å². The topological polar surface area (TPSA) is 68.8 Å². The number of nitrogens with one attached hydrogen (secondary N) is 1. The zero-order valence-electron chi connectivity index (χ0n) is 14.9. The van der Waals surface area contributed by atoms with Crippen molar-refractivity contribution in [2.45, 2.75) is 19.0 Å². The highest BCUT2D eigenvalue weighted by Gasteiger charge is 2.43. The summed E-state index contributed by atoms with van der Waals surface area (Å²) in [6.45, 7) is 0.303. The lowest BCUT2D eigenvalue weighted by Gasteiger charge is -2.40. The number of H-pyrrole nitrogens is 1. The number of hydrogen-bond acceptors (Lipinski definition) is 3. The van der Waals surface area contributed by atoms with Gasteiger partial charge in [0.1, 0.15) is 18.4 Å². The lowest BCUT2D eigenvalue weighted by molar-refractivity contribution is -0.157. The molecule has 2 aliphatic heterocycles. The molecule has 1 atom stereocenters. The van der Waals surface area contributed by atoms with Crippen molar-refractivity contribution in [2.75, 3.05) is 6.54 Å². The van der Waals surface area contributed by atoms with Crippen LogP contribution in [0.2, 0.25) is 0 Å². The van der Waals surface area contributed by atoms with Crippen LogP contribution in [0.4, 0.5) is 4.39 Å². The number of piperazine rings is 1. The van der Waals surface area contributed by atoms with E-state index in [1.807, 2.05) is 24.3 Å². The zero-order valence-corrected chi connectivity index (χ0v) is 14.9. The summed E-state index contributed by atoms with van der Waals surface area (Å²) in [6, 6.07) is 13.2. The lowest BCUT2D eigenvalue weighted by atomic mass is 9.94. The molecule has 2 amide bonds. The molecule has 6 nitrogen and oxygen atoms in total. The van der Waals surface area contributed by atoms with E-state index < -0.39 is 6.04 Å². The van der Waals surface area contributed by atoms with Gasteiger partial charge in [0.25, 0.3) is 5.91 Å². The number of para-hydroxylation sites is 1. The molecule has 3 heterocycles. The summed E-state index contributed by atoms with van der Waals surface area (Å²) in [7, 11) is 0. The molecule has 0 spiro atoms. The molecule has 0 aliphatic carbocycles. The van der Waals surface area contributed by atoms with Crippen molar-refractivity contribution in [3.8, 4) is 0 Å². The number of carbonyl (C=O) groups is 2. The largest absolute Gasteiger partial charge is 0.357 e. The average Bonchev–Trinajstić information content (AvgIpc) is 3.07. The number of amides is 2. The second-order valence-electron chi connectivity index (χ2n) is 7.06. The van der Waals surface area contributed by atoms with Gasteiger partial charge in [-0.05, 0) is 29.3 Å². The molecule has 1 aromatic heterocycles. The summed E-state index contributed by atoms with van der Waals surface area (Å²) in [6.07, 6.45) is 1.94. The van der Waals surface area contributed by atoms with Gasteiger partial charge < -0.3 is 9.88 Å². The van der Waals surface area contributed by atoms with Gasteiger partial charge in [-0.15, -0.1) is 0 Å². The van der Waals surface area contributed by atoms with Crippen molar-refractivity contribution in [1.82, 2.24) is 14.9 Å². The normalized spacial score (nSPS) is 19.4. The Hall–Kier alpha value is -3.48. The summed E-state index contributed by atoms with van der Waals surface area (Å²) >= 11 is 0. The standard InChI is InChI=1S/C21H17FN4O2/c22-14-7-5-13(6-8-14)10-23-26-12-20(27)25-11-18-16(9-19(25)21(26)28)15-3-1-2-4-17(15)24-18/h1-8,10,19,24H,9,11-12H2/b23-10+/t19-/m1/s1. The summed E-state index contributed by atoms with van der Waals surface area (Å²) in [5, 5.41) is 6.49. The highest BCUT2D eigenvalue weighted by Crippen LogP contribution is 2.32. The number of carbonyl (C=O) groups excluding carboxylic acids is 2. The molecule has 28 heavy (non-hydrogen) atoms. The highest BCUT2D eigenvalue weighted by atomic mass is 19.1. The minimum atomic E-state index is -0.557. The number of aromatic nitrogens is 1. The predicted octanol–water partition coefficient (Wildman–Crippen LogP) is 2.44. The van der Waals surface area contributed by atoms with E-state index in [1.54, 1.807) is 17.0 Å². The summed E-state index contributed by atoms with van der Waals surface area (Å²) in [5.41, 5.74) is 3.74. The summed E-state index contributed by atoms with van der Waals surface area (Å²) < 4.78 is 13.0. The maximum atomic E-state index is 13.0. The van der Waals surface area contributed by atoms with E-state index in [-0.39, 0.29) is 24.2 Å². The zero-order chi connectivity index (χ0) is 19.3. The fourth-order valence-corrected chi connectivity index (χ4v) is 3.94. The third-order valence-electron chi connectivity index (χ3n) is 5.37. The molecule has 1 fully saturated rings. The van der Waals surface area contributed by atoms with Gasteiger partial charge in [0.15, 0.2) is 0 Å². The molecule has 140 valence electrons. The van der Waals surface area contributed by atoms with Gasteiger partial charge in [0.2, 0.25) is 5.91 Å². The molecule has 0 bridgehead atoms. The molecule has 2 aliphatic rings. The third kappa shape index (κ3) is 2.67. The minimum absolute atomic E-state index is 0.0947. The van der Waals surface area contributed by atoms with Crippen LogP contribution in [0.25, 0.3) is 10.9 Å². The molecule has 7 heteroatoms. The first-order valence-corrected chi connectivity index (χ1v) is 9.09. The number of halogens is 1. The van der Waals surface area contributed by atoms with Gasteiger partial charge in [-0.3, -0.25) is 9.59 Å². The Balaban J connectivity index is 1.44. The number of fused-ring (bicyclic) bond motifs is 4. The molecule has 1 N–H and O–H groups in total. The van der Waals surface area contributed by atoms with Gasteiger partial charge in [-0.25, -0.2) is 9.40 Å². The first kappa shape index (κ1) is 16.7. The van der Waals surface area contributed by atoms with Gasteiger partial charge in [0.05, 0.1) is 12.8 Å². The van der Waals surface area contributed by atoms with Crippen LogP contribution in [-0.2, 0) is 22.6 Å².